The summed E-state index contributed by atoms with van der Waals surface area (Å²) in [5, 5.41) is 11.4. The van der Waals surface area contributed by atoms with Crippen molar-refractivity contribution in [1.82, 2.24) is 26.3 Å². The molecular weight excluding hydrogens is 498 g/mol. The quantitative estimate of drug-likeness (QED) is 0.445. The third-order valence-electron chi connectivity index (χ3n) is 6.64. The van der Waals surface area contributed by atoms with Crippen molar-refractivity contribution in [3.63, 3.8) is 0 Å². The lowest BCUT2D eigenvalue weighted by atomic mass is 10.00. The Bertz CT molecular complexity index is 1140. The molecule has 0 saturated carbocycles. The van der Waals surface area contributed by atoms with E-state index in [0.29, 0.717) is 18.7 Å². The topological polar surface area (TPSA) is 139 Å². The molecule has 0 unspecified atom stereocenters. The molecule has 4 amide bonds. The number of para-hydroxylation sites is 1. The summed E-state index contributed by atoms with van der Waals surface area (Å²) in [6, 6.07) is 10.2. The summed E-state index contributed by atoms with van der Waals surface area (Å²) in [6.07, 6.45) is 2.20. The summed E-state index contributed by atoms with van der Waals surface area (Å²) >= 11 is 0. The highest BCUT2D eigenvalue weighted by Crippen LogP contribution is 2.20. The summed E-state index contributed by atoms with van der Waals surface area (Å²) in [5.74, 6) is -1.37. The number of carbonyl (C=O) groups is 4. The molecule has 2 heterocycles. The average Bonchev–Trinajstić information content (AvgIpc) is 2.91. The van der Waals surface area contributed by atoms with E-state index < -0.39 is 23.9 Å². The van der Waals surface area contributed by atoms with Crippen LogP contribution in [-0.2, 0) is 20.8 Å². The molecule has 210 valence electrons. The fourth-order valence-corrected chi connectivity index (χ4v) is 4.18. The van der Waals surface area contributed by atoms with Crippen LogP contribution in [0.25, 0.3) is 0 Å². The number of benzene rings is 1. The summed E-state index contributed by atoms with van der Waals surface area (Å²) in [7, 11) is 0. The van der Waals surface area contributed by atoms with Crippen LogP contribution >= 0.6 is 0 Å². The largest absolute Gasteiger partial charge is 0.491 e. The first-order chi connectivity index (χ1) is 18.7. The predicted molar refractivity (Wildman–Crippen MR) is 147 cm³/mol. The molecule has 1 aromatic heterocycles. The van der Waals surface area contributed by atoms with Crippen molar-refractivity contribution < 1.29 is 23.9 Å². The fourth-order valence-electron chi connectivity index (χ4n) is 4.18. The smallest absolute Gasteiger partial charge is 0.255 e. The number of ether oxygens (including phenoxy) is 1. The minimum atomic E-state index is -0.972. The highest BCUT2D eigenvalue weighted by Gasteiger charge is 2.30. The van der Waals surface area contributed by atoms with E-state index >= 15 is 0 Å². The van der Waals surface area contributed by atoms with Gasteiger partial charge in [-0.25, -0.2) is 0 Å². The monoisotopic (exact) mass is 537 g/mol. The molecule has 10 nitrogen and oxygen atoms in total. The van der Waals surface area contributed by atoms with Gasteiger partial charge in [-0.15, -0.1) is 0 Å². The van der Waals surface area contributed by atoms with Crippen LogP contribution in [0.1, 0.15) is 56.6 Å². The standard InChI is InChI=1S/C29H39N5O5/c1-18(2)23-17-39-24-11-6-5-10-21(24)27(36)32-22(28(37)31-16-14-20-9-7-8-15-30-20)12-13-25(35)34-26(19(3)4)29(38)33-23/h5-11,15,18-19,22-23,26H,12-14,16-17H2,1-4H3,(H,31,37)(H,32,36)(H,33,38)(H,34,35)/t22-,23+,26+/m0/s1. The van der Waals surface area contributed by atoms with E-state index in [4.69, 9.17) is 4.74 Å². The zero-order valence-electron chi connectivity index (χ0n) is 23.0. The van der Waals surface area contributed by atoms with Gasteiger partial charge in [0.1, 0.15) is 24.4 Å². The number of hydrogen-bond donors (Lipinski definition) is 4. The van der Waals surface area contributed by atoms with Crippen LogP contribution < -0.4 is 26.0 Å². The van der Waals surface area contributed by atoms with Gasteiger partial charge in [-0.3, -0.25) is 24.2 Å². The van der Waals surface area contributed by atoms with Crippen LogP contribution in [-0.4, -0.2) is 59.9 Å². The molecule has 3 rings (SSSR count). The zero-order valence-corrected chi connectivity index (χ0v) is 23.0. The average molecular weight is 538 g/mol. The second kappa shape index (κ2) is 14.3. The Morgan fingerprint density at radius 2 is 1.74 bits per heavy atom. The SMILES string of the molecule is CC(C)[C@H]1COc2ccccc2C(=O)N[C@H](C(=O)NCCc2ccccn2)CCC(=O)N[C@H](C(C)C)C(=O)N1. The first kappa shape index (κ1) is 29.6. The normalized spacial score (nSPS) is 21.0. The van der Waals surface area contributed by atoms with Gasteiger partial charge in [0, 0.05) is 31.3 Å². The molecule has 1 aliphatic heterocycles. The Kier molecular flexibility index (Phi) is 10.8. The molecule has 0 fully saturated rings. The number of pyridine rings is 1. The molecule has 0 saturated heterocycles. The fraction of sp³-hybridized carbons (Fsp3) is 0.483. The van der Waals surface area contributed by atoms with Gasteiger partial charge in [-0.05, 0) is 42.5 Å². The summed E-state index contributed by atoms with van der Waals surface area (Å²) in [5.41, 5.74) is 1.09. The Balaban J connectivity index is 1.83. The number of fused-ring (bicyclic) bond motifs is 1. The molecule has 3 atom stereocenters. The maximum Gasteiger partial charge on any atom is 0.255 e. The highest BCUT2D eigenvalue weighted by atomic mass is 16.5. The Labute approximate surface area is 229 Å². The molecule has 0 radical (unpaired) electrons. The van der Waals surface area contributed by atoms with Crippen molar-refractivity contribution >= 4 is 23.6 Å². The lowest BCUT2D eigenvalue weighted by Crippen LogP contribution is -2.54. The molecule has 1 aromatic carbocycles. The molecular formula is C29H39N5O5. The van der Waals surface area contributed by atoms with Crippen LogP contribution in [0, 0.1) is 11.8 Å². The van der Waals surface area contributed by atoms with Crippen molar-refractivity contribution in [3.8, 4) is 5.75 Å². The maximum absolute atomic E-state index is 13.3. The molecule has 39 heavy (non-hydrogen) atoms. The molecule has 0 spiro atoms. The van der Waals surface area contributed by atoms with Gasteiger partial charge in [-0.1, -0.05) is 45.9 Å². The van der Waals surface area contributed by atoms with Crippen molar-refractivity contribution in [1.29, 1.82) is 0 Å². The lowest BCUT2D eigenvalue weighted by molar-refractivity contribution is -0.131. The number of nitrogens with one attached hydrogen (secondary N) is 4. The van der Waals surface area contributed by atoms with E-state index in [0.717, 1.165) is 5.69 Å². The summed E-state index contributed by atoms with van der Waals surface area (Å²) in [4.78, 5) is 56.7. The summed E-state index contributed by atoms with van der Waals surface area (Å²) < 4.78 is 6.01. The van der Waals surface area contributed by atoms with E-state index in [-0.39, 0.29) is 54.7 Å². The van der Waals surface area contributed by atoms with E-state index in [1.807, 2.05) is 45.9 Å². The first-order valence-corrected chi connectivity index (χ1v) is 13.5. The molecule has 0 bridgehead atoms. The van der Waals surface area contributed by atoms with Crippen LogP contribution in [0.2, 0.25) is 0 Å². The minimum Gasteiger partial charge on any atom is -0.491 e. The van der Waals surface area contributed by atoms with Crippen LogP contribution in [0.4, 0.5) is 0 Å². The van der Waals surface area contributed by atoms with E-state index in [9.17, 15) is 19.2 Å². The van der Waals surface area contributed by atoms with Crippen molar-refractivity contribution in [3.05, 3.63) is 59.9 Å². The van der Waals surface area contributed by atoms with E-state index in [1.165, 1.54) is 0 Å². The van der Waals surface area contributed by atoms with Crippen LogP contribution in [0.15, 0.2) is 48.7 Å². The van der Waals surface area contributed by atoms with Crippen LogP contribution in [0.3, 0.4) is 0 Å². The second-order valence-corrected chi connectivity index (χ2v) is 10.4. The van der Waals surface area contributed by atoms with Gasteiger partial charge in [-0.2, -0.15) is 0 Å². The highest BCUT2D eigenvalue weighted by molar-refractivity contribution is 5.99. The minimum absolute atomic E-state index is 0.0355. The van der Waals surface area contributed by atoms with Crippen LogP contribution in [0.5, 0.6) is 5.75 Å². The predicted octanol–water partition coefficient (Wildman–Crippen LogP) is 1.99. The molecule has 2 aromatic rings. The van der Waals surface area contributed by atoms with Crippen molar-refractivity contribution in [2.24, 2.45) is 11.8 Å². The third kappa shape index (κ3) is 8.80. The Morgan fingerprint density at radius 1 is 1.00 bits per heavy atom. The van der Waals surface area contributed by atoms with Crippen molar-refractivity contribution in [2.75, 3.05) is 13.2 Å². The molecule has 10 heteroatoms. The zero-order chi connectivity index (χ0) is 28.4. The molecule has 1 aliphatic rings. The van der Waals surface area contributed by atoms with Gasteiger partial charge in [0.05, 0.1) is 11.6 Å². The van der Waals surface area contributed by atoms with Gasteiger partial charge in [0.15, 0.2) is 0 Å². The van der Waals surface area contributed by atoms with Gasteiger partial charge < -0.3 is 26.0 Å². The number of aromatic nitrogens is 1. The van der Waals surface area contributed by atoms with E-state index in [2.05, 4.69) is 26.3 Å². The van der Waals surface area contributed by atoms with Crippen molar-refractivity contribution in [2.45, 2.75) is 65.1 Å². The maximum atomic E-state index is 13.3. The van der Waals surface area contributed by atoms with Gasteiger partial charge in [0.2, 0.25) is 17.7 Å². The summed E-state index contributed by atoms with van der Waals surface area (Å²) in [6.45, 7) is 8.08. The Morgan fingerprint density at radius 3 is 2.44 bits per heavy atom. The number of carbonyl (C=O) groups excluding carboxylic acids is 4. The van der Waals surface area contributed by atoms with Gasteiger partial charge >= 0.3 is 0 Å². The second-order valence-electron chi connectivity index (χ2n) is 10.4. The Hall–Kier alpha value is -3.95. The number of hydrogen-bond acceptors (Lipinski definition) is 6. The first-order valence-electron chi connectivity index (χ1n) is 13.5. The molecule has 0 aliphatic carbocycles. The van der Waals surface area contributed by atoms with E-state index in [1.54, 1.807) is 30.5 Å². The third-order valence-corrected chi connectivity index (χ3v) is 6.64. The number of amides is 4. The molecule has 4 N–H and O–H groups in total. The number of rotatable bonds is 6. The number of nitrogens with zero attached hydrogens (tertiary/aromatic N) is 1. The lowest BCUT2D eigenvalue weighted by Gasteiger charge is -2.27. The van der Waals surface area contributed by atoms with Gasteiger partial charge in [0.25, 0.3) is 5.91 Å².